The largest absolute Gasteiger partial charge is 0.525 e. The van der Waals surface area contributed by atoms with Gasteiger partial charge < -0.3 is 14.4 Å². The molecular formula is C18H24BClFNO3. The van der Waals surface area contributed by atoms with Gasteiger partial charge in [-0.3, -0.25) is 4.90 Å². The number of hydrogen-bond acceptors (Lipinski definition) is 4. The van der Waals surface area contributed by atoms with Crippen LogP contribution in [0.4, 0.5) is 4.39 Å². The lowest BCUT2D eigenvalue weighted by Crippen LogP contribution is -2.51. The quantitative estimate of drug-likeness (QED) is 0.829. The Morgan fingerprint density at radius 2 is 1.80 bits per heavy atom. The second-order valence-corrected chi connectivity index (χ2v) is 8.15. The first kappa shape index (κ1) is 18.9. The highest BCUT2D eigenvalue weighted by atomic mass is 35.5. The van der Waals surface area contributed by atoms with E-state index in [-0.39, 0.29) is 6.10 Å². The molecule has 0 unspecified atom stereocenters. The van der Waals surface area contributed by atoms with Crippen LogP contribution in [-0.4, -0.2) is 54.1 Å². The first-order chi connectivity index (χ1) is 11.6. The maximum Gasteiger partial charge on any atom is 0.525 e. The maximum atomic E-state index is 15.4. The zero-order valence-electron chi connectivity index (χ0n) is 15.1. The summed E-state index contributed by atoms with van der Waals surface area (Å²) in [4.78, 5) is 1.97. The second-order valence-electron chi connectivity index (χ2n) is 7.74. The Balaban J connectivity index is 1.95. The molecule has 3 rings (SSSR count). The Morgan fingerprint density at radius 1 is 1.24 bits per heavy atom. The number of halogens is 2. The number of β-amino-alcohol motifs (C(OH)–C–C–N with tert-alkyl or cyclic N) is 1. The molecule has 136 valence electrons. The highest BCUT2D eigenvalue weighted by Crippen LogP contribution is 2.41. The van der Waals surface area contributed by atoms with Gasteiger partial charge in [0.25, 0.3) is 0 Å². The average molecular weight is 368 g/mol. The molecule has 1 aromatic rings. The zero-order valence-corrected chi connectivity index (χ0v) is 15.8. The molecule has 0 radical (unpaired) electrons. The molecular weight excluding hydrogens is 343 g/mol. The van der Waals surface area contributed by atoms with Crippen LogP contribution >= 0.6 is 11.6 Å². The summed E-state index contributed by atoms with van der Waals surface area (Å²) in [6.45, 7) is 8.94. The van der Waals surface area contributed by atoms with Gasteiger partial charge in [-0.2, -0.15) is 0 Å². The number of hydrogen-bond donors (Lipinski definition) is 1. The van der Waals surface area contributed by atoms with Crippen LogP contribution in [0.1, 0.15) is 33.3 Å². The summed E-state index contributed by atoms with van der Waals surface area (Å²) in [5, 5.41) is 9.99. The number of aliphatic hydroxyl groups is 1. The smallest absolute Gasteiger partial charge is 0.398 e. The molecule has 0 atom stereocenters. The van der Waals surface area contributed by atoms with Gasteiger partial charge in [0.2, 0.25) is 0 Å². The normalized spacial score (nSPS) is 24.2. The number of likely N-dealkylation sites (tertiary alicyclic amines) is 1. The summed E-state index contributed by atoms with van der Waals surface area (Å²) in [6.07, 6.45) is -0.354. The van der Waals surface area contributed by atoms with Crippen LogP contribution in [0.15, 0.2) is 30.0 Å². The van der Waals surface area contributed by atoms with E-state index >= 15 is 4.39 Å². The lowest BCUT2D eigenvalue weighted by atomic mass is 9.82. The van der Waals surface area contributed by atoms with E-state index in [2.05, 4.69) is 0 Å². The van der Waals surface area contributed by atoms with Crippen molar-refractivity contribution in [3.05, 3.63) is 40.6 Å². The van der Waals surface area contributed by atoms with E-state index in [9.17, 15) is 5.11 Å². The van der Waals surface area contributed by atoms with Crippen molar-refractivity contribution in [2.45, 2.75) is 45.0 Å². The van der Waals surface area contributed by atoms with Crippen LogP contribution in [0.3, 0.4) is 0 Å². The zero-order chi connectivity index (χ0) is 18.4. The van der Waals surface area contributed by atoms with Gasteiger partial charge in [0.05, 0.1) is 17.3 Å². The molecule has 0 bridgehead atoms. The minimum Gasteiger partial charge on any atom is -0.398 e. The third-order valence-corrected chi connectivity index (χ3v) is 5.60. The molecule has 0 amide bonds. The lowest BCUT2D eigenvalue weighted by Gasteiger charge is -2.36. The molecule has 2 fully saturated rings. The van der Waals surface area contributed by atoms with E-state index in [1.807, 2.05) is 44.7 Å². The van der Waals surface area contributed by atoms with Gasteiger partial charge in [-0.05, 0) is 39.3 Å². The molecule has 7 heteroatoms. The van der Waals surface area contributed by atoms with Gasteiger partial charge in [0.15, 0.2) is 0 Å². The van der Waals surface area contributed by atoms with Crippen molar-refractivity contribution in [3.8, 4) is 0 Å². The molecule has 0 spiro atoms. The molecule has 25 heavy (non-hydrogen) atoms. The van der Waals surface area contributed by atoms with Gasteiger partial charge >= 0.3 is 7.12 Å². The fraction of sp³-hybridized carbons (Fsp3) is 0.556. The van der Waals surface area contributed by atoms with E-state index < -0.39 is 24.0 Å². The fourth-order valence-corrected chi connectivity index (χ4v) is 3.23. The van der Waals surface area contributed by atoms with E-state index in [1.165, 1.54) is 0 Å². The number of rotatable bonds is 4. The highest BCUT2D eigenvalue weighted by Gasteiger charge is 2.53. The van der Waals surface area contributed by atoms with E-state index in [1.54, 1.807) is 12.1 Å². The monoisotopic (exact) mass is 367 g/mol. The summed E-state index contributed by atoms with van der Waals surface area (Å²) in [6, 6.07) is 7.16. The van der Waals surface area contributed by atoms with E-state index in [4.69, 9.17) is 20.9 Å². The summed E-state index contributed by atoms with van der Waals surface area (Å²) in [5.41, 5.74) is -0.636. The molecule has 1 N–H and O–H groups in total. The minimum absolute atomic E-state index is 0.344. The van der Waals surface area contributed by atoms with Gasteiger partial charge in [-0.1, -0.05) is 29.8 Å². The Labute approximate surface area is 153 Å². The van der Waals surface area contributed by atoms with Crippen molar-refractivity contribution < 1.29 is 18.8 Å². The van der Waals surface area contributed by atoms with E-state index in [0.717, 1.165) is 0 Å². The molecule has 0 saturated carbocycles. The van der Waals surface area contributed by atoms with Crippen molar-refractivity contribution >= 4 is 24.3 Å². The fourth-order valence-electron chi connectivity index (χ4n) is 2.98. The molecule has 4 nitrogen and oxygen atoms in total. The van der Waals surface area contributed by atoms with Crippen LogP contribution in [0, 0.1) is 0 Å². The third-order valence-electron chi connectivity index (χ3n) is 5.27. The number of benzene rings is 1. The third kappa shape index (κ3) is 3.64. The molecule has 0 aromatic heterocycles. The molecule has 2 heterocycles. The van der Waals surface area contributed by atoms with Crippen LogP contribution in [0.5, 0.6) is 0 Å². The SMILES string of the molecule is CC1(C)OB(C(F)=C(CN2CC(O)C2)c2ccccc2Cl)OC1(C)C. The molecule has 2 aliphatic heterocycles. The Hall–Kier alpha value is -0.915. The molecule has 2 aliphatic rings. The lowest BCUT2D eigenvalue weighted by molar-refractivity contribution is 0.00578. The van der Waals surface area contributed by atoms with Crippen molar-refractivity contribution in [2.24, 2.45) is 0 Å². The predicted molar refractivity (Wildman–Crippen MR) is 98.0 cm³/mol. The average Bonchev–Trinajstić information content (AvgIpc) is 2.71. The summed E-state index contributed by atoms with van der Waals surface area (Å²) >= 11 is 6.30. The summed E-state index contributed by atoms with van der Waals surface area (Å²) < 4.78 is 27.1. The van der Waals surface area contributed by atoms with Gasteiger partial charge in [0.1, 0.15) is 5.73 Å². The first-order valence-electron chi connectivity index (χ1n) is 8.50. The number of aliphatic hydroxyl groups excluding tert-OH is 1. The van der Waals surface area contributed by atoms with E-state index in [0.29, 0.717) is 35.8 Å². The van der Waals surface area contributed by atoms with Crippen LogP contribution in [-0.2, 0) is 9.31 Å². The Bertz CT molecular complexity index is 673. The Morgan fingerprint density at radius 3 is 2.32 bits per heavy atom. The van der Waals surface area contributed by atoms with Crippen LogP contribution < -0.4 is 0 Å². The van der Waals surface area contributed by atoms with Crippen LogP contribution in [0.25, 0.3) is 5.57 Å². The Kier molecular flexibility index (Phi) is 5.03. The predicted octanol–water partition coefficient (Wildman–Crippen LogP) is 3.33. The maximum absolute atomic E-state index is 15.4. The minimum atomic E-state index is -1.07. The van der Waals surface area contributed by atoms with Gasteiger partial charge in [-0.15, -0.1) is 0 Å². The first-order valence-corrected chi connectivity index (χ1v) is 8.88. The number of nitrogens with zero attached hydrogens (tertiary/aromatic N) is 1. The molecule has 1 aromatic carbocycles. The molecule has 2 saturated heterocycles. The second kappa shape index (κ2) is 6.67. The van der Waals surface area contributed by atoms with Gasteiger partial charge in [0, 0.05) is 30.2 Å². The topological polar surface area (TPSA) is 41.9 Å². The van der Waals surface area contributed by atoms with Crippen molar-refractivity contribution in [3.63, 3.8) is 0 Å². The van der Waals surface area contributed by atoms with Crippen molar-refractivity contribution in [1.29, 1.82) is 0 Å². The van der Waals surface area contributed by atoms with Gasteiger partial charge in [-0.25, -0.2) is 4.39 Å². The van der Waals surface area contributed by atoms with Crippen LogP contribution in [0.2, 0.25) is 5.02 Å². The standard InChI is InChI=1S/C18H24BClFNO3/c1-17(2)18(3,4)25-19(24-17)16(21)14(11-22-9-12(23)10-22)13-7-5-6-8-15(13)20/h5-8,12,23H,9-11H2,1-4H3. The van der Waals surface area contributed by atoms with Crippen molar-refractivity contribution in [1.82, 2.24) is 4.90 Å². The summed E-state index contributed by atoms with van der Waals surface area (Å²) in [7, 11) is -1.07. The van der Waals surface area contributed by atoms with Crippen molar-refractivity contribution in [2.75, 3.05) is 19.6 Å². The molecule has 0 aliphatic carbocycles. The highest BCUT2D eigenvalue weighted by molar-refractivity contribution is 6.55. The summed E-state index contributed by atoms with van der Waals surface area (Å²) in [5.74, 6) is 0.